The third kappa shape index (κ3) is 4.59. The van der Waals surface area contributed by atoms with Crippen molar-refractivity contribution >= 4 is 11.9 Å². The van der Waals surface area contributed by atoms with Crippen LogP contribution in [-0.2, 0) is 16.1 Å². The fraction of sp³-hybridized carbons (Fsp3) is 0.385. The van der Waals surface area contributed by atoms with E-state index in [1.807, 2.05) is 12.1 Å². The van der Waals surface area contributed by atoms with Crippen molar-refractivity contribution in [3.05, 3.63) is 29.8 Å². The molecule has 3 N–H and O–H groups in total. The van der Waals surface area contributed by atoms with Gasteiger partial charge in [0.1, 0.15) is 11.8 Å². The standard InChI is InChI=1S/C13H18N2O4/c1-9(16)15(8-12(14)13(17)18)7-10-3-5-11(19-2)6-4-10/h3-6,12H,7-8,14H2,1-2H3,(H,17,18). The average Bonchev–Trinajstić information content (AvgIpc) is 2.38. The van der Waals surface area contributed by atoms with Crippen molar-refractivity contribution in [1.29, 1.82) is 0 Å². The van der Waals surface area contributed by atoms with Crippen molar-refractivity contribution in [1.82, 2.24) is 4.90 Å². The summed E-state index contributed by atoms with van der Waals surface area (Å²) in [6.07, 6.45) is 0. The molecule has 0 saturated carbocycles. The van der Waals surface area contributed by atoms with Gasteiger partial charge in [-0.05, 0) is 17.7 Å². The van der Waals surface area contributed by atoms with E-state index >= 15 is 0 Å². The fourth-order valence-electron chi connectivity index (χ4n) is 1.57. The van der Waals surface area contributed by atoms with Crippen molar-refractivity contribution in [2.24, 2.45) is 5.73 Å². The molecular formula is C13H18N2O4. The molecule has 0 radical (unpaired) electrons. The number of nitrogens with zero attached hydrogens (tertiary/aromatic N) is 1. The molecule has 19 heavy (non-hydrogen) atoms. The molecule has 1 rings (SSSR count). The van der Waals surface area contributed by atoms with E-state index in [-0.39, 0.29) is 12.5 Å². The second-order valence-electron chi connectivity index (χ2n) is 4.19. The molecule has 1 unspecified atom stereocenters. The van der Waals surface area contributed by atoms with Crippen LogP contribution in [0.5, 0.6) is 5.75 Å². The Balaban J connectivity index is 2.72. The fourth-order valence-corrected chi connectivity index (χ4v) is 1.57. The van der Waals surface area contributed by atoms with Gasteiger partial charge in [0.05, 0.1) is 7.11 Å². The smallest absolute Gasteiger partial charge is 0.322 e. The van der Waals surface area contributed by atoms with Crippen molar-refractivity contribution in [3.8, 4) is 5.75 Å². The topological polar surface area (TPSA) is 92.9 Å². The normalized spacial score (nSPS) is 11.7. The maximum Gasteiger partial charge on any atom is 0.322 e. The van der Waals surface area contributed by atoms with Gasteiger partial charge in [0.15, 0.2) is 0 Å². The Hall–Kier alpha value is -2.08. The molecule has 0 aliphatic rings. The maximum atomic E-state index is 11.5. The minimum atomic E-state index is -1.12. The average molecular weight is 266 g/mol. The monoisotopic (exact) mass is 266 g/mol. The van der Waals surface area contributed by atoms with Gasteiger partial charge in [0.2, 0.25) is 5.91 Å². The highest BCUT2D eigenvalue weighted by Gasteiger charge is 2.18. The van der Waals surface area contributed by atoms with Crippen LogP contribution in [0, 0.1) is 0 Å². The highest BCUT2D eigenvalue weighted by molar-refractivity contribution is 5.77. The summed E-state index contributed by atoms with van der Waals surface area (Å²) in [5, 5.41) is 8.77. The summed E-state index contributed by atoms with van der Waals surface area (Å²) in [5.41, 5.74) is 6.32. The summed E-state index contributed by atoms with van der Waals surface area (Å²) >= 11 is 0. The number of carbonyl (C=O) groups excluding carboxylic acids is 1. The molecule has 0 heterocycles. The number of benzene rings is 1. The summed E-state index contributed by atoms with van der Waals surface area (Å²) in [5.74, 6) is -0.617. The highest BCUT2D eigenvalue weighted by atomic mass is 16.5. The Labute approximate surface area is 111 Å². The second-order valence-corrected chi connectivity index (χ2v) is 4.19. The number of nitrogens with two attached hydrogens (primary N) is 1. The zero-order valence-electron chi connectivity index (χ0n) is 11.0. The number of carboxylic acid groups (broad SMARTS) is 1. The lowest BCUT2D eigenvalue weighted by atomic mass is 10.2. The van der Waals surface area contributed by atoms with Crippen LogP contribution in [0.2, 0.25) is 0 Å². The zero-order chi connectivity index (χ0) is 14.4. The van der Waals surface area contributed by atoms with E-state index in [0.29, 0.717) is 6.54 Å². The van der Waals surface area contributed by atoms with Gasteiger partial charge in [0.25, 0.3) is 0 Å². The first-order valence-corrected chi connectivity index (χ1v) is 5.81. The van der Waals surface area contributed by atoms with Gasteiger partial charge in [-0.2, -0.15) is 0 Å². The van der Waals surface area contributed by atoms with E-state index in [9.17, 15) is 9.59 Å². The van der Waals surface area contributed by atoms with E-state index in [4.69, 9.17) is 15.6 Å². The minimum absolute atomic E-state index is 0.0172. The number of amides is 1. The molecule has 6 heteroatoms. The maximum absolute atomic E-state index is 11.5. The Kier molecular flexibility index (Phi) is 5.32. The van der Waals surface area contributed by atoms with Gasteiger partial charge >= 0.3 is 5.97 Å². The van der Waals surface area contributed by atoms with Crippen LogP contribution in [0.25, 0.3) is 0 Å². The Morgan fingerprint density at radius 1 is 1.37 bits per heavy atom. The predicted octanol–water partition coefficient (Wildman–Crippen LogP) is 0.456. The van der Waals surface area contributed by atoms with Gasteiger partial charge in [-0.1, -0.05) is 12.1 Å². The van der Waals surface area contributed by atoms with E-state index in [0.717, 1.165) is 11.3 Å². The van der Waals surface area contributed by atoms with Crippen molar-refractivity contribution < 1.29 is 19.4 Å². The van der Waals surface area contributed by atoms with Gasteiger partial charge in [0, 0.05) is 20.0 Å². The van der Waals surface area contributed by atoms with Crippen LogP contribution >= 0.6 is 0 Å². The first-order chi connectivity index (χ1) is 8.93. The van der Waals surface area contributed by atoms with Crippen molar-refractivity contribution in [2.45, 2.75) is 19.5 Å². The molecule has 0 bridgehead atoms. The lowest BCUT2D eigenvalue weighted by Gasteiger charge is -2.23. The number of hydrogen-bond acceptors (Lipinski definition) is 4. The number of carbonyl (C=O) groups is 2. The van der Waals surface area contributed by atoms with Crippen LogP contribution in [0.3, 0.4) is 0 Å². The third-order valence-electron chi connectivity index (χ3n) is 2.71. The number of ether oxygens (including phenoxy) is 1. The molecule has 104 valence electrons. The largest absolute Gasteiger partial charge is 0.497 e. The number of methoxy groups -OCH3 is 1. The molecular weight excluding hydrogens is 248 g/mol. The minimum Gasteiger partial charge on any atom is -0.497 e. The predicted molar refractivity (Wildman–Crippen MR) is 69.7 cm³/mol. The van der Waals surface area contributed by atoms with Crippen LogP contribution in [0.1, 0.15) is 12.5 Å². The Morgan fingerprint density at radius 3 is 2.37 bits per heavy atom. The van der Waals surface area contributed by atoms with Gasteiger partial charge < -0.3 is 20.5 Å². The molecule has 1 aromatic carbocycles. The zero-order valence-corrected chi connectivity index (χ0v) is 11.0. The molecule has 0 aliphatic heterocycles. The molecule has 0 spiro atoms. The van der Waals surface area contributed by atoms with E-state index in [2.05, 4.69) is 0 Å². The van der Waals surface area contributed by atoms with Crippen LogP contribution < -0.4 is 10.5 Å². The summed E-state index contributed by atoms with van der Waals surface area (Å²) in [7, 11) is 1.57. The third-order valence-corrected chi connectivity index (χ3v) is 2.71. The molecule has 1 aromatic rings. The van der Waals surface area contributed by atoms with E-state index < -0.39 is 12.0 Å². The quantitative estimate of drug-likeness (QED) is 0.780. The molecule has 0 fully saturated rings. The van der Waals surface area contributed by atoms with E-state index in [1.54, 1.807) is 19.2 Å². The summed E-state index contributed by atoms with van der Waals surface area (Å²) in [6.45, 7) is 1.69. The molecule has 0 aromatic heterocycles. The Morgan fingerprint density at radius 2 is 1.95 bits per heavy atom. The molecule has 1 atom stereocenters. The second kappa shape index (κ2) is 6.75. The summed E-state index contributed by atoms with van der Waals surface area (Å²) in [4.78, 5) is 23.6. The molecule has 1 amide bonds. The molecule has 0 aliphatic carbocycles. The van der Waals surface area contributed by atoms with Crippen LogP contribution in [0.4, 0.5) is 0 Å². The molecule has 6 nitrogen and oxygen atoms in total. The van der Waals surface area contributed by atoms with Crippen LogP contribution in [0.15, 0.2) is 24.3 Å². The number of hydrogen-bond donors (Lipinski definition) is 2. The lowest BCUT2D eigenvalue weighted by molar-refractivity contribution is -0.140. The summed E-state index contributed by atoms with van der Waals surface area (Å²) < 4.78 is 5.04. The van der Waals surface area contributed by atoms with Crippen molar-refractivity contribution in [3.63, 3.8) is 0 Å². The van der Waals surface area contributed by atoms with Crippen molar-refractivity contribution in [2.75, 3.05) is 13.7 Å². The summed E-state index contributed by atoms with van der Waals surface area (Å²) in [6, 6.07) is 6.12. The number of rotatable bonds is 6. The van der Waals surface area contributed by atoms with Gasteiger partial charge in [-0.3, -0.25) is 9.59 Å². The van der Waals surface area contributed by atoms with Crippen LogP contribution in [-0.4, -0.2) is 41.6 Å². The number of aliphatic carboxylic acids is 1. The van der Waals surface area contributed by atoms with E-state index in [1.165, 1.54) is 11.8 Å². The number of carboxylic acids is 1. The highest BCUT2D eigenvalue weighted by Crippen LogP contribution is 2.13. The molecule has 0 saturated heterocycles. The SMILES string of the molecule is COc1ccc(CN(CC(N)C(=O)O)C(C)=O)cc1. The lowest BCUT2D eigenvalue weighted by Crippen LogP contribution is -2.44. The first-order valence-electron chi connectivity index (χ1n) is 5.81. The van der Waals surface area contributed by atoms with Gasteiger partial charge in [-0.15, -0.1) is 0 Å². The first kappa shape index (κ1) is 15.0. The Bertz CT molecular complexity index is 444. The van der Waals surface area contributed by atoms with Gasteiger partial charge in [-0.25, -0.2) is 0 Å².